The summed E-state index contributed by atoms with van der Waals surface area (Å²) in [6.07, 6.45) is 0.350. The number of sulfone groups is 1. The van der Waals surface area contributed by atoms with E-state index in [1.54, 1.807) is 0 Å². The molecule has 30 heavy (non-hydrogen) atoms. The quantitative estimate of drug-likeness (QED) is 0.523. The predicted molar refractivity (Wildman–Crippen MR) is 108 cm³/mol. The number of amides is 1. The number of nitrogens with one attached hydrogen (secondary N) is 1. The number of halogens is 1. The molecule has 0 unspecified atom stereocenters. The molecule has 0 saturated carbocycles. The molecule has 0 saturated heterocycles. The van der Waals surface area contributed by atoms with E-state index in [0.29, 0.717) is 6.54 Å². The Bertz CT molecular complexity index is 1080. The van der Waals surface area contributed by atoms with Crippen LogP contribution in [0.1, 0.15) is 36.5 Å². The molecule has 1 aromatic heterocycles. The molecule has 1 amide bonds. The number of rotatable bonds is 9. The van der Waals surface area contributed by atoms with Gasteiger partial charge >= 0.3 is 0 Å². The van der Waals surface area contributed by atoms with Gasteiger partial charge in [-0.2, -0.15) is 4.98 Å². The highest BCUT2D eigenvalue weighted by molar-refractivity contribution is 7.90. The van der Waals surface area contributed by atoms with Gasteiger partial charge in [-0.05, 0) is 35.7 Å². The van der Waals surface area contributed by atoms with Crippen LogP contribution in [0.3, 0.4) is 0 Å². The van der Waals surface area contributed by atoms with E-state index in [2.05, 4.69) is 15.5 Å². The van der Waals surface area contributed by atoms with E-state index in [1.807, 2.05) is 37.3 Å². The Kier molecular flexibility index (Phi) is 6.94. The van der Waals surface area contributed by atoms with Crippen LogP contribution in [0.15, 0.2) is 64.0 Å². The van der Waals surface area contributed by atoms with Crippen molar-refractivity contribution in [1.82, 2.24) is 15.5 Å². The van der Waals surface area contributed by atoms with Crippen molar-refractivity contribution >= 4 is 15.7 Å². The normalized spacial score (nSPS) is 12.5. The molecule has 0 spiro atoms. The monoisotopic (exact) mass is 431 g/mol. The Balaban J connectivity index is 1.48. The van der Waals surface area contributed by atoms with Gasteiger partial charge in [0.15, 0.2) is 15.7 Å². The zero-order valence-corrected chi connectivity index (χ0v) is 17.2. The van der Waals surface area contributed by atoms with Gasteiger partial charge in [0.05, 0.1) is 4.90 Å². The zero-order valence-electron chi connectivity index (χ0n) is 16.4. The van der Waals surface area contributed by atoms with Gasteiger partial charge < -0.3 is 9.84 Å². The van der Waals surface area contributed by atoms with E-state index in [4.69, 9.17) is 4.52 Å². The van der Waals surface area contributed by atoms with E-state index in [0.717, 1.165) is 17.7 Å². The predicted octanol–water partition coefficient (Wildman–Crippen LogP) is 3.04. The lowest BCUT2D eigenvalue weighted by molar-refractivity contribution is -0.121. The molecule has 9 heteroatoms. The van der Waals surface area contributed by atoms with Gasteiger partial charge in [-0.3, -0.25) is 4.79 Å². The van der Waals surface area contributed by atoms with Crippen LogP contribution < -0.4 is 5.32 Å². The first-order valence-corrected chi connectivity index (χ1v) is 11.1. The minimum absolute atomic E-state index is 0.00701. The third-order valence-electron chi connectivity index (χ3n) is 4.54. The van der Waals surface area contributed by atoms with Gasteiger partial charge in [-0.1, -0.05) is 42.4 Å². The average Bonchev–Trinajstić information content (AvgIpc) is 3.18. The third-order valence-corrected chi connectivity index (χ3v) is 6.17. The van der Waals surface area contributed by atoms with E-state index in [9.17, 15) is 17.6 Å². The maximum Gasteiger partial charge on any atom is 0.227 e. The summed E-state index contributed by atoms with van der Waals surface area (Å²) in [5.41, 5.74) is 1.14. The molecule has 1 atom stereocenters. The summed E-state index contributed by atoms with van der Waals surface area (Å²) in [6, 6.07) is 14.4. The van der Waals surface area contributed by atoms with Crippen LogP contribution in [-0.4, -0.2) is 31.0 Å². The molecule has 1 heterocycles. The second-order valence-electron chi connectivity index (χ2n) is 6.93. The largest absolute Gasteiger partial charge is 0.355 e. The van der Waals surface area contributed by atoms with Crippen LogP contribution in [0.4, 0.5) is 4.39 Å². The van der Waals surface area contributed by atoms with Gasteiger partial charge in [0, 0.05) is 19.4 Å². The summed E-state index contributed by atoms with van der Waals surface area (Å²) in [5, 5.41) is 6.53. The van der Waals surface area contributed by atoms with Gasteiger partial charge in [0.25, 0.3) is 0 Å². The maximum absolute atomic E-state index is 13.0. The van der Waals surface area contributed by atoms with Crippen molar-refractivity contribution in [2.24, 2.45) is 0 Å². The van der Waals surface area contributed by atoms with E-state index < -0.39 is 21.4 Å². The first kappa shape index (κ1) is 21.6. The Morgan fingerprint density at radius 2 is 1.83 bits per heavy atom. The van der Waals surface area contributed by atoms with Gasteiger partial charge in [-0.15, -0.1) is 0 Å². The molecule has 7 nitrogen and oxygen atoms in total. The molecular weight excluding hydrogens is 409 g/mol. The van der Waals surface area contributed by atoms with Gasteiger partial charge in [0.1, 0.15) is 11.6 Å². The smallest absolute Gasteiger partial charge is 0.227 e. The molecule has 0 bridgehead atoms. The molecule has 3 rings (SSSR count). The van der Waals surface area contributed by atoms with Gasteiger partial charge in [0.2, 0.25) is 11.8 Å². The minimum Gasteiger partial charge on any atom is -0.355 e. The number of aryl methyl sites for hydroxylation is 1. The van der Waals surface area contributed by atoms with Crippen LogP contribution in [0, 0.1) is 5.82 Å². The highest BCUT2D eigenvalue weighted by Gasteiger charge is 2.20. The molecule has 1 N–H and O–H groups in total. The Morgan fingerprint density at radius 3 is 2.53 bits per heavy atom. The van der Waals surface area contributed by atoms with Crippen molar-refractivity contribution in [3.8, 4) is 0 Å². The minimum atomic E-state index is -3.72. The summed E-state index contributed by atoms with van der Waals surface area (Å²) in [5.74, 6) is -0.786. The average molecular weight is 431 g/mol. The second-order valence-corrected chi connectivity index (χ2v) is 8.92. The summed E-state index contributed by atoms with van der Waals surface area (Å²) in [4.78, 5) is 16.1. The highest BCUT2D eigenvalue weighted by Crippen LogP contribution is 2.16. The molecular formula is C21H22FN3O4S. The molecule has 0 radical (unpaired) electrons. The fourth-order valence-corrected chi connectivity index (χ4v) is 4.00. The lowest BCUT2D eigenvalue weighted by atomic mass is 10.0. The number of carbonyl (C=O) groups excluding carboxylic acids is 1. The van der Waals surface area contributed by atoms with Crippen LogP contribution in [0.5, 0.6) is 0 Å². The molecule has 0 aliphatic rings. The lowest BCUT2D eigenvalue weighted by Gasteiger charge is -2.12. The fraction of sp³-hybridized carbons (Fsp3) is 0.286. The standard InChI is InChI=1S/C21H22FN3O4S/c1-15(16-5-3-2-4-6-16)13-23-20(26)11-12-21-24-19(25-29-21)14-30(27,28)18-9-7-17(22)8-10-18/h2-10,15H,11-14H2,1H3,(H,23,26)/t15-/m1/s1. The van der Waals surface area contributed by atoms with Crippen LogP contribution >= 0.6 is 0 Å². The first-order valence-electron chi connectivity index (χ1n) is 9.45. The number of carbonyl (C=O) groups is 1. The van der Waals surface area contributed by atoms with Crippen LogP contribution in [0.25, 0.3) is 0 Å². The van der Waals surface area contributed by atoms with E-state index in [-0.39, 0.29) is 41.3 Å². The number of nitrogens with zero attached hydrogens (tertiary/aromatic N) is 2. The SMILES string of the molecule is C[C@H](CNC(=O)CCc1nc(CS(=O)(=O)c2ccc(F)cc2)no1)c1ccccc1. The Labute approximate surface area is 174 Å². The van der Waals surface area contributed by atoms with Crippen molar-refractivity contribution in [2.45, 2.75) is 36.3 Å². The van der Waals surface area contributed by atoms with Crippen LogP contribution in [0.2, 0.25) is 0 Å². The number of hydrogen-bond donors (Lipinski definition) is 1. The zero-order chi connectivity index (χ0) is 21.6. The first-order chi connectivity index (χ1) is 14.3. The van der Waals surface area contributed by atoms with Crippen molar-refractivity contribution in [3.63, 3.8) is 0 Å². The van der Waals surface area contributed by atoms with Crippen molar-refractivity contribution < 1.29 is 22.1 Å². The Morgan fingerprint density at radius 1 is 1.13 bits per heavy atom. The molecule has 3 aromatic rings. The summed E-state index contributed by atoms with van der Waals surface area (Å²) in [7, 11) is -3.72. The number of benzene rings is 2. The van der Waals surface area contributed by atoms with E-state index >= 15 is 0 Å². The van der Waals surface area contributed by atoms with Crippen molar-refractivity contribution in [2.75, 3.05) is 6.54 Å². The number of aromatic nitrogens is 2. The van der Waals surface area contributed by atoms with Gasteiger partial charge in [-0.25, -0.2) is 12.8 Å². The third kappa shape index (κ3) is 5.96. The van der Waals surface area contributed by atoms with Crippen molar-refractivity contribution in [3.05, 3.63) is 77.7 Å². The topological polar surface area (TPSA) is 102 Å². The van der Waals surface area contributed by atoms with E-state index in [1.165, 1.54) is 12.1 Å². The molecule has 158 valence electrons. The summed E-state index contributed by atoms with van der Waals surface area (Å²) in [6.45, 7) is 2.54. The summed E-state index contributed by atoms with van der Waals surface area (Å²) >= 11 is 0. The molecule has 0 aliphatic heterocycles. The molecule has 0 aliphatic carbocycles. The molecule has 0 fully saturated rings. The number of hydrogen-bond acceptors (Lipinski definition) is 6. The maximum atomic E-state index is 13.0. The fourth-order valence-electron chi connectivity index (χ4n) is 2.82. The van der Waals surface area contributed by atoms with Crippen molar-refractivity contribution in [1.29, 1.82) is 0 Å². The highest BCUT2D eigenvalue weighted by atomic mass is 32.2. The summed E-state index contributed by atoms with van der Waals surface area (Å²) < 4.78 is 42.7. The molecule has 2 aromatic carbocycles. The van der Waals surface area contributed by atoms with Crippen LogP contribution in [-0.2, 0) is 26.8 Å². The Hall–Kier alpha value is -3.07. The lowest BCUT2D eigenvalue weighted by Crippen LogP contribution is -2.27. The second kappa shape index (κ2) is 9.62.